The lowest BCUT2D eigenvalue weighted by atomic mass is 9.85. The minimum atomic E-state index is -1.45. The molecule has 1 amide bonds. The number of ether oxygens (including phenoxy) is 1. The molecule has 0 aromatic heterocycles. The molecule has 3 rings (SSSR count). The van der Waals surface area contributed by atoms with Crippen molar-refractivity contribution in [3.8, 4) is 0 Å². The SMILES string of the molecule is CCCCCC(=O)C1N(C(=O)C(O)C(CC(=O)c2cccc(C)c2C)Cc2ccccc2)COC1(C)C. The molecule has 200 valence electrons. The molecule has 1 heterocycles. The van der Waals surface area contributed by atoms with E-state index in [1.165, 1.54) is 4.90 Å². The molecule has 0 spiro atoms. The van der Waals surface area contributed by atoms with Gasteiger partial charge in [-0.1, -0.05) is 68.3 Å². The first-order valence-electron chi connectivity index (χ1n) is 13.3. The lowest BCUT2D eigenvalue weighted by Crippen LogP contribution is -2.53. The van der Waals surface area contributed by atoms with Crippen molar-refractivity contribution in [3.05, 3.63) is 70.8 Å². The second kappa shape index (κ2) is 12.6. The molecule has 1 aliphatic heterocycles. The van der Waals surface area contributed by atoms with Gasteiger partial charge in [-0.3, -0.25) is 14.4 Å². The average molecular weight is 508 g/mol. The van der Waals surface area contributed by atoms with Gasteiger partial charge in [0.25, 0.3) is 5.91 Å². The van der Waals surface area contributed by atoms with Crippen molar-refractivity contribution in [2.45, 2.75) is 90.9 Å². The van der Waals surface area contributed by atoms with Crippen LogP contribution < -0.4 is 0 Å². The molecule has 1 N–H and O–H groups in total. The number of carbonyl (C=O) groups is 3. The Balaban J connectivity index is 1.86. The Hall–Kier alpha value is -2.83. The molecule has 3 unspecified atom stereocenters. The second-order valence-electron chi connectivity index (χ2n) is 10.8. The van der Waals surface area contributed by atoms with Crippen LogP contribution in [0.3, 0.4) is 0 Å². The molecule has 0 aliphatic carbocycles. The fourth-order valence-corrected chi connectivity index (χ4v) is 5.19. The van der Waals surface area contributed by atoms with E-state index in [2.05, 4.69) is 6.92 Å². The number of unbranched alkanes of at least 4 members (excludes halogenated alkanes) is 2. The minimum absolute atomic E-state index is 0.0132. The van der Waals surface area contributed by atoms with Crippen LogP contribution in [0.5, 0.6) is 0 Å². The zero-order valence-electron chi connectivity index (χ0n) is 22.8. The third-order valence-electron chi connectivity index (χ3n) is 7.55. The smallest absolute Gasteiger partial charge is 0.254 e. The quantitative estimate of drug-likeness (QED) is 0.315. The zero-order valence-corrected chi connectivity index (χ0v) is 22.8. The van der Waals surface area contributed by atoms with Gasteiger partial charge < -0.3 is 14.7 Å². The lowest BCUT2D eigenvalue weighted by molar-refractivity contribution is -0.148. The van der Waals surface area contributed by atoms with Crippen LogP contribution in [0, 0.1) is 19.8 Å². The molecular formula is C31H41NO5. The number of hydrogen-bond acceptors (Lipinski definition) is 5. The van der Waals surface area contributed by atoms with Crippen molar-refractivity contribution in [1.82, 2.24) is 4.90 Å². The molecule has 37 heavy (non-hydrogen) atoms. The van der Waals surface area contributed by atoms with Crippen LogP contribution >= 0.6 is 0 Å². The molecule has 1 saturated heterocycles. The van der Waals surface area contributed by atoms with Crippen molar-refractivity contribution < 1.29 is 24.2 Å². The summed E-state index contributed by atoms with van der Waals surface area (Å²) in [4.78, 5) is 41.6. The van der Waals surface area contributed by atoms with Crippen LogP contribution in [0.15, 0.2) is 48.5 Å². The van der Waals surface area contributed by atoms with E-state index in [0.29, 0.717) is 18.4 Å². The molecule has 0 saturated carbocycles. The zero-order chi connectivity index (χ0) is 27.2. The summed E-state index contributed by atoms with van der Waals surface area (Å²) in [5, 5.41) is 11.4. The van der Waals surface area contributed by atoms with Crippen LogP contribution in [0.1, 0.15) is 79.9 Å². The van der Waals surface area contributed by atoms with E-state index in [1.54, 1.807) is 19.9 Å². The number of amides is 1. The number of ketones is 2. The maximum atomic E-state index is 13.7. The highest BCUT2D eigenvalue weighted by Crippen LogP contribution is 2.32. The first-order valence-corrected chi connectivity index (χ1v) is 13.3. The maximum absolute atomic E-state index is 13.7. The van der Waals surface area contributed by atoms with E-state index in [-0.39, 0.29) is 24.7 Å². The number of aliphatic hydroxyl groups is 1. The van der Waals surface area contributed by atoms with Gasteiger partial charge in [0.1, 0.15) is 18.9 Å². The Kier molecular flexibility index (Phi) is 9.80. The summed E-state index contributed by atoms with van der Waals surface area (Å²) in [6, 6.07) is 14.4. The van der Waals surface area contributed by atoms with Gasteiger partial charge in [-0.05, 0) is 57.2 Å². The van der Waals surface area contributed by atoms with Crippen LogP contribution in [-0.2, 0) is 20.7 Å². The normalized spacial score (nSPS) is 18.4. The third kappa shape index (κ3) is 6.93. The standard InChI is InChI=1S/C31H41NO5/c1-6-7-9-17-26(33)29-31(4,5)37-20-32(29)30(36)28(35)24(18-23-14-10-8-11-15-23)19-27(34)25-16-12-13-21(2)22(25)3/h8,10-16,24,28-29,35H,6-7,9,17-20H2,1-5H3. The highest BCUT2D eigenvalue weighted by atomic mass is 16.5. The van der Waals surface area contributed by atoms with E-state index < -0.39 is 29.6 Å². The van der Waals surface area contributed by atoms with Crippen molar-refractivity contribution in [1.29, 1.82) is 0 Å². The maximum Gasteiger partial charge on any atom is 0.254 e. The highest BCUT2D eigenvalue weighted by Gasteiger charge is 2.49. The number of aryl methyl sites for hydroxylation is 1. The number of hydrogen-bond donors (Lipinski definition) is 1. The highest BCUT2D eigenvalue weighted by molar-refractivity contribution is 5.98. The Labute approximate surface area is 221 Å². The van der Waals surface area contributed by atoms with Crippen LogP contribution in [0.2, 0.25) is 0 Å². The largest absolute Gasteiger partial charge is 0.383 e. The third-order valence-corrected chi connectivity index (χ3v) is 7.55. The van der Waals surface area contributed by atoms with E-state index in [0.717, 1.165) is 36.0 Å². The number of aliphatic hydroxyl groups excluding tert-OH is 1. The Morgan fingerprint density at radius 3 is 2.43 bits per heavy atom. The first kappa shape index (κ1) is 28.7. The molecule has 3 atom stereocenters. The minimum Gasteiger partial charge on any atom is -0.383 e. The number of Topliss-reactive ketones (excluding diaryl/α,β-unsaturated/α-hetero) is 2. The van der Waals surface area contributed by atoms with Gasteiger partial charge in [-0.25, -0.2) is 0 Å². The van der Waals surface area contributed by atoms with Gasteiger partial charge in [0.2, 0.25) is 0 Å². The molecule has 0 radical (unpaired) electrons. The molecule has 1 aliphatic rings. The predicted molar refractivity (Wildman–Crippen MR) is 144 cm³/mol. The van der Waals surface area contributed by atoms with E-state index in [4.69, 9.17) is 4.74 Å². The Morgan fingerprint density at radius 2 is 1.76 bits per heavy atom. The van der Waals surface area contributed by atoms with E-state index in [9.17, 15) is 19.5 Å². The molecule has 0 bridgehead atoms. The predicted octanol–water partition coefficient (Wildman–Crippen LogP) is 5.21. The fraction of sp³-hybridized carbons (Fsp3) is 0.516. The monoisotopic (exact) mass is 507 g/mol. The topological polar surface area (TPSA) is 83.9 Å². The number of nitrogens with zero attached hydrogens (tertiary/aromatic N) is 1. The van der Waals surface area contributed by atoms with Gasteiger partial charge in [-0.2, -0.15) is 0 Å². The second-order valence-corrected chi connectivity index (χ2v) is 10.8. The van der Waals surface area contributed by atoms with Crippen molar-refractivity contribution in [2.24, 2.45) is 5.92 Å². The summed E-state index contributed by atoms with van der Waals surface area (Å²) in [5.41, 5.74) is 2.61. The van der Waals surface area contributed by atoms with Gasteiger partial charge in [0, 0.05) is 24.3 Å². The fourth-order valence-electron chi connectivity index (χ4n) is 5.19. The van der Waals surface area contributed by atoms with Gasteiger partial charge in [0.15, 0.2) is 11.6 Å². The number of benzene rings is 2. The lowest BCUT2D eigenvalue weighted by Gasteiger charge is -2.32. The van der Waals surface area contributed by atoms with Crippen LogP contribution in [-0.4, -0.2) is 52.0 Å². The number of carbonyl (C=O) groups excluding carboxylic acids is 3. The van der Waals surface area contributed by atoms with Crippen molar-refractivity contribution in [2.75, 3.05) is 6.73 Å². The molecule has 2 aromatic carbocycles. The van der Waals surface area contributed by atoms with Crippen LogP contribution in [0.25, 0.3) is 0 Å². The summed E-state index contributed by atoms with van der Waals surface area (Å²) >= 11 is 0. The van der Waals surface area contributed by atoms with Gasteiger partial charge in [0.05, 0.1) is 5.60 Å². The van der Waals surface area contributed by atoms with Gasteiger partial charge in [-0.15, -0.1) is 0 Å². The summed E-state index contributed by atoms with van der Waals surface area (Å²) in [5.74, 6) is -1.38. The van der Waals surface area contributed by atoms with E-state index in [1.807, 2.05) is 56.3 Å². The number of rotatable bonds is 12. The molecular weight excluding hydrogens is 466 g/mol. The summed E-state index contributed by atoms with van der Waals surface area (Å²) in [6.07, 6.45) is 1.98. The summed E-state index contributed by atoms with van der Waals surface area (Å²) < 4.78 is 5.85. The average Bonchev–Trinajstić information content (AvgIpc) is 3.19. The van der Waals surface area contributed by atoms with E-state index >= 15 is 0 Å². The summed E-state index contributed by atoms with van der Waals surface area (Å²) in [7, 11) is 0. The van der Waals surface area contributed by atoms with Gasteiger partial charge >= 0.3 is 0 Å². The van der Waals surface area contributed by atoms with Crippen LogP contribution in [0.4, 0.5) is 0 Å². The van der Waals surface area contributed by atoms with Crippen molar-refractivity contribution in [3.63, 3.8) is 0 Å². The molecule has 6 nitrogen and oxygen atoms in total. The molecule has 1 fully saturated rings. The molecule has 2 aromatic rings. The summed E-state index contributed by atoms with van der Waals surface area (Å²) in [6.45, 7) is 9.50. The molecule has 6 heteroatoms. The Bertz CT molecular complexity index is 1090. The Morgan fingerprint density at radius 1 is 1.05 bits per heavy atom. The first-order chi connectivity index (χ1) is 17.6. The van der Waals surface area contributed by atoms with Crippen molar-refractivity contribution >= 4 is 17.5 Å².